The molecule has 0 aromatic heterocycles. The molecule has 0 bridgehead atoms. The first-order valence-electron chi connectivity index (χ1n) is 6.70. The number of thiocarbonyl (C=S) groups is 1. The van der Waals surface area contributed by atoms with Crippen LogP contribution in [0.5, 0.6) is 11.5 Å². The zero-order valence-corrected chi connectivity index (χ0v) is 13.7. The van der Waals surface area contributed by atoms with Crippen molar-refractivity contribution >= 4 is 28.7 Å². The number of hydrogen-bond donors (Lipinski definition) is 2. The van der Waals surface area contributed by atoms with Gasteiger partial charge in [0.15, 0.2) is 16.6 Å². The average molecular weight is 338 g/mol. The van der Waals surface area contributed by atoms with Gasteiger partial charge in [-0.25, -0.2) is 8.78 Å². The molecule has 0 radical (unpaired) electrons. The minimum Gasteiger partial charge on any atom is -0.493 e. The van der Waals surface area contributed by atoms with Gasteiger partial charge in [0.1, 0.15) is 11.6 Å². The van der Waals surface area contributed by atoms with E-state index in [0.717, 1.165) is 17.7 Å². The molecule has 23 heavy (non-hydrogen) atoms. The zero-order chi connectivity index (χ0) is 17.0. The van der Waals surface area contributed by atoms with Crippen LogP contribution in [0.3, 0.4) is 0 Å². The lowest BCUT2D eigenvalue weighted by molar-refractivity contribution is 0.355. The maximum atomic E-state index is 13.6. The number of anilines is 2. The predicted molar refractivity (Wildman–Crippen MR) is 90.5 cm³/mol. The number of ether oxygens (including phenoxy) is 2. The first-order chi connectivity index (χ1) is 10.9. The van der Waals surface area contributed by atoms with Crippen LogP contribution in [0.4, 0.5) is 20.2 Å². The van der Waals surface area contributed by atoms with E-state index in [4.69, 9.17) is 21.7 Å². The third kappa shape index (κ3) is 4.07. The van der Waals surface area contributed by atoms with Gasteiger partial charge in [-0.1, -0.05) is 0 Å². The fraction of sp³-hybridized carbons (Fsp3) is 0.188. The quantitative estimate of drug-likeness (QED) is 0.822. The van der Waals surface area contributed by atoms with Crippen molar-refractivity contribution in [3.05, 3.63) is 47.5 Å². The Hall–Kier alpha value is -2.41. The average Bonchev–Trinajstić information content (AvgIpc) is 2.51. The Kier molecular flexibility index (Phi) is 5.33. The highest BCUT2D eigenvalue weighted by atomic mass is 32.1. The molecule has 0 spiro atoms. The third-order valence-electron chi connectivity index (χ3n) is 3.16. The molecule has 2 aromatic rings. The summed E-state index contributed by atoms with van der Waals surface area (Å²) in [5, 5.41) is 5.81. The minimum atomic E-state index is -0.724. The molecular formula is C16H16F2N2O2S. The van der Waals surface area contributed by atoms with Crippen LogP contribution in [0.2, 0.25) is 0 Å². The van der Waals surface area contributed by atoms with Gasteiger partial charge in [-0.3, -0.25) is 0 Å². The van der Waals surface area contributed by atoms with Crippen molar-refractivity contribution in [2.24, 2.45) is 0 Å². The predicted octanol–water partition coefficient (Wildman–Crippen LogP) is 4.10. The molecule has 0 aliphatic carbocycles. The number of methoxy groups -OCH3 is 2. The number of halogens is 2. The Morgan fingerprint density at radius 3 is 2.17 bits per heavy atom. The normalized spacial score (nSPS) is 10.1. The van der Waals surface area contributed by atoms with Gasteiger partial charge in [0.25, 0.3) is 0 Å². The molecule has 0 heterocycles. The molecule has 0 atom stereocenters. The Morgan fingerprint density at radius 2 is 1.57 bits per heavy atom. The zero-order valence-electron chi connectivity index (χ0n) is 12.9. The van der Waals surface area contributed by atoms with E-state index in [1.165, 1.54) is 13.2 Å². The minimum absolute atomic E-state index is 0.0852. The van der Waals surface area contributed by atoms with E-state index in [2.05, 4.69) is 10.6 Å². The highest BCUT2D eigenvalue weighted by molar-refractivity contribution is 7.80. The van der Waals surface area contributed by atoms with Crippen molar-refractivity contribution in [1.29, 1.82) is 0 Å². The number of nitrogens with one attached hydrogen (secondary N) is 2. The number of aryl methyl sites for hydroxylation is 1. The molecule has 122 valence electrons. The van der Waals surface area contributed by atoms with Gasteiger partial charge in [0.2, 0.25) is 0 Å². The number of hydrogen-bond acceptors (Lipinski definition) is 3. The van der Waals surface area contributed by atoms with Gasteiger partial charge in [-0.15, -0.1) is 0 Å². The standard InChI is InChI=1S/C16H16F2N2O2S/c1-9-6-14(21-2)15(22-3)8-13(9)20-16(23)19-12-5-4-10(17)7-11(12)18/h4-8H,1-3H3,(H2,19,20,23). The second kappa shape index (κ2) is 7.23. The van der Waals surface area contributed by atoms with Crippen LogP contribution in [-0.2, 0) is 0 Å². The highest BCUT2D eigenvalue weighted by Crippen LogP contribution is 2.33. The monoisotopic (exact) mass is 338 g/mol. The van der Waals surface area contributed by atoms with Gasteiger partial charge >= 0.3 is 0 Å². The fourth-order valence-electron chi connectivity index (χ4n) is 1.98. The van der Waals surface area contributed by atoms with Gasteiger partial charge in [0.05, 0.1) is 19.9 Å². The molecule has 0 amide bonds. The molecule has 2 N–H and O–H groups in total. The summed E-state index contributed by atoms with van der Waals surface area (Å²) < 4.78 is 37.0. The van der Waals surface area contributed by atoms with Crippen molar-refractivity contribution in [2.45, 2.75) is 6.92 Å². The molecule has 0 saturated carbocycles. The van der Waals surface area contributed by atoms with Crippen LogP contribution >= 0.6 is 12.2 Å². The summed E-state index contributed by atoms with van der Waals surface area (Å²) >= 11 is 5.16. The summed E-state index contributed by atoms with van der Waals surface area (Å²) in [6.07, 6.45) is 0. The van der Waals surface area contributed by atoms with Gasteiger partial charge < -0.3 is 20.1 Å². The molecule has 0 aliphatic rings. The largest absolute Gasteiger partial charge is 0.493 e. The molecule has 0 fully saturated rings. The molecule has 0 saturated heterocycles. The van der Waals surface area contributed by atoms with Crippen molar-refractivity contribution in [3.63, 3.8) is 0 Å². The van der Waals surface area contributed by atoms with Crippen LogP contribution in [0.25, 0.3) is 0 Å². The van der Waals surface area contributed by atoms with Crippen LogP contribution in [0.1, 0.15) is 5.56 Å². The lowest BCUT2D eigenvalue weighted by Gasteiger charge is -2.16. The molecule has 0 aliphatic heterocycles. The van der Waals surface area contributed by atoms with Crippen LogP contribution in [0, 0.1) is 18.6 Å². The maximum Gasteiger partial charge on any atom is 0.175 e. The number of benzene rings is 2. The second-order valence-electron chi connectivity index (χ2n) is 4.73. The lowest BCUT2D eigenvalue weighted by Crippen LogP contribution is -2.20. The molecule has 7 heteroatoms. The van der Waals surface area contributed by atoms with Crippen molar-refractivity contribution in [1.82, 2.24) is 0 Å². The summed E-state index contributed by atoms with van der Waals surface area (Å²) in [7, 11) is 3.08. The molecule has 4 nitrogen and oxygen atoms in total. The van der Waals surface area contributed by atoms with Crippen LogP contribution in [-0.4, -0.2) is 19.3 Å². The third-order valence-corrected chi connectivity index (χ3v) is 3.36. The Bertz CT molecular complexity index is 738. The van der Waals surface area contributed by atoms with Crippen LogP contribution < -0.4 is 20.1 Å². The van der Waals surface area contributed by atoms with Crippen LogP contribution in [0.15, 0.2) is 30.3 Å². The van der Waals surface area contributed by atoms with Crippen molar-refractivity contribution in [2.75, 3.05) is 24.9 Å². The summed E-state index contributed by atoms with van der Waals surface area (Å²) in [5.41, 5.74) is 1.64. The maximum absolute atomic E-state index is 13.6. The van der Waals surface area contributed by atoms with E-state index in [0.29, 0.717) is 17.2 Å². The van der Waals surface area contributed by atoms with Gasteiger partial charge in [-0.05, 0) is 42.9 Å². The van der Waals surface area contributed by atoms with E-state index in [9.17, 15) is 8.78 Å². The van der Waals surface area contributed by atoms with Gasteiger partial charge in [0, 0.05) is 17.8 Å². The molecule has 2 rings (SSSR count). The molecule has 0 unspecified atom stereocenters. The summed E-state index contributed by atoms with van der Waals surface area (Å²) in [6, 6.07) is 6.73. The summed E-state index contributed by atoms with van der Waals surface area (Å²) in [6.45, 7) is 1.87. The smallest absolute Gasteiger partial charge is 0.175 e. The SMILES string of the molecule is COc1cc(C)c(NC(=S)Nc2ccc(F)cc2F)cc1OC. The van der Waals surface area contributed by atoms with E-state index in [1.54, 1.807) is 19.2 Å². The molecular weight excluding hydrogens is 322 g/mol. The lowest BCUT2D eigenvalue weighted by atomic mass is 10.1. The number of rotatable bonds is 4. The highest BCUT2D eigenvalue weighted by Gasteiger charge is 2.11. The van der Waals surface area contributed by atoms with Crippen molar-refractivity contribution < 1.29 is 18.3 Å². The molecule has 2 aromatic carbocycles. The Morgan fingerprint density at radius 1 is 0.957 bits per heavy atom. The fourth-order valence-corrected chi connectivity index (χ4v) is 2.20. The Balaban J connectivity index is 2.17. The van der Waals surface area contributed by atoms with Crippen molar-refractivity contribution in [3.8, 4) is 11.5 Å². The Labute approximate surface area is 138 Å². The van der Waals surface area contributed by atoms with E-state index >= 15 is 0 Å². The van der Waals surface area contributed by atoms with Gasteiger partial charge in [-0.2, -0.15) is 0 Å². The van der Waals surface area contributed by atoms with E-state index in [-0.39, 0.29) is 10.8 Å². The topological polar surface area (TPSA) is 42.5 Å². The van der Waals surface area contributed by atoms with E-state index in [1.807, 2.05) is 6.92 Å². The summed E-state index contributed by atoms with van der Waals surface area (Å²) in [4.78, 5) is 0. The second-order valence-corrected chi connectivity index (χ2v) is 5.13. The van der Waals surface area contributed by atoms with E-state index < -0.39 is 11.6 Å². The summed E-state index contributed by atoms with van der Waals surface area (Å²) in [5.74, 6) is -0.240. The first-order valence-corrected chi connectivity index (χ1v) is 7.11. The first kappa shape index (κ1) is 17.0.